The Balaban J connectivity index is 0.00000392. The van der Waals surface area contributed by atoms with Crippen molar-refractivity contribution in [3.8, 4) is 11.5 Å². The summed E-state index contributed by atoms with van der Waals surface area (Å²) in [6.07, 6.45) is 2.17. The Labute approximate surface area is 171 Å². The minimum atomic E-state index is -4.69. The van der Waals surface area contributed by atoms with E-state index in [1.807, 2.05) is 0 Å². The van der Waals surface area contributed by atoms with Gasteiger partial charge in [-0.05, 0) is 36.4 Å². The number of aliphatic imine (C=N–C) groups is 2. The number of hydrogen-bond donors (Lipinski definition) is 2. The fraction of sp³-hybridized carbons (Fsp3) is 0.0667. The molecule has 0 aliphatic carbocycles. The van der Waals surface area contributed by atoms with Gasteiger partial charge in [0.2, 0.25) is 0 Å². The molecule has 0 saturated carbocycles. The molecule has 2 aromatic rings. The van der Waals surface area contributed by atoms with Crippen LogP contribution in [-0.2, 0) is 37.0 Å². The summed E-state index contributed by atoms with van der Waals surface area (Å²) in [5.41, 5.74) is -0.0474. The number of rotatable bonds is 6. The van der Waals surface area contributed by atoms with E-state index in [0.717, 1.165) is 48.8 Å². The Morgan fingerprint density at radius 3 is 1.46 bits per heavy atom. The Morgan fingerprint density at radius 1 is 0.786 bits per heavy atom. The zero-order valence-corrected chi connectivity index (χ0v) is 16.4. The van der Waals surface area contributed by atoms with Gasteiger partial charge in [0.25, 0.3) is 0 Å². The smallest absolute Gasteiger partial charge is 0.744 e. The predicted octanol–water partition coefficient (Wildman–Crippen LogP) is 0.399. The molecule has 2 rings (SSSR count). The van der Waals surface area contributed by atoms with Gasteiger partial charge in [-0.1, -0.05) is 0 Å². The van der Waals surface area contributed by atoms with E-state index in [0.29, 0.717) is 0 Å². The largest absolute Gasteiger partial charge is 2.00 e. The number of phenols is 2. The first-order valence-corrected chi connectivity index (χ1v) is 9.87. The fourth-order valence-corrected chi connectivity index (χ4v) is 2.92. The molecule has 10 nitrogen and oxygen atoms in total. The third-order valence-corrected chi connectivity index (χ3v) is 4.86. The van der Waals surface area contributed by atoms with Crippen molar-refractivity contribution in [2.75, 3.05) is 6.67 Å². The molecule has 0 unspecified atom stereocenters. The molecule has 0 atom stereocenters. The van der Waals surface area contributed by atoms with Gasteiger partial charge in [-0.25, -0.2) is 16.8 Å². The van der Waals surface area contributed by atoms with Gasteiger partial charge in [0, 0.05) is 23.6 Å². The molecule has 0 aromatic heterocycles. The van der Waals surface area contributed by atoms with Crippen molar-refractivity contribution in [3.63, 3.8) is 0 Å². The van der Waals surface area contributed by atoms with Gasteiger partial charge in [-0.2, -0.15) is 0 Å². The number of phenolic OH excluding ortho intramolecular Hbond substituents is 2. The van der Waals surface area contributed by atoms with E-state index in [1.54, 1.807) is 0 Å². The Morgan fingerprint density at radius 2 is 1.14 bits per heavy atom. The molecule has 0 bridgehead atoms. The number of hydrogen-bond acceptors (Lipinski definition) is 10. The molecule has 0 saturated heterocycles. The molecule has 1 radical (unpaired) electrons. The molecule has 13 heteroatoms. The van der Waals surface area contributed by atoms with Crippen LogP contribution in [0, 0.1) is 0 Å². The number of nitrogens with zero attached hydrogens (tertiary/aromatic N) is 2. The van der Waals surface area contributed by atoms with Crippen molar-refractivity contribution in [2.24, 2.45) is 9.98 Å². The zero-order chi connectivity index (χ0) is 20.2. The maximum Gasteiger partial charge on any atom is 2.00 e. The van der Waals surface area contributed by atoms with Crippen LogP contribution in [0.2, 0.25) is 0 Å². The minimum absolute atomic E-state index is 0. The molecule has 0 spiro atoms. The van der Waals surface area contributed by atoms with Crippen LogP contribution in [0.3, 0.4) is 0 Å². The van der Waals surface area contributed by atoms with E-state index in [4.69, 9.17) is 0 Å². The standard InChI is InChI=1S/C15H14N2O8S2.Co/c18-14-3-1-12(26(20,21)22)5-10(14)7-16-9-17-8-11-6-13(27(23,24)25)2-4-15(11)19;/h1-8,18-19H,9H2,(H,20,21,22)(H,23,24,25);/q;+2/p-2/b16-7+,17-8+;. The van der Waals surface area contributed by atoms with Gasteiger partial charge in [-0.3, -0.25) is 9.98 Å². The van der Waals surface area contributed by atoms with Crippen LogP contribution >= 0.6 is 0 Å². The first-order chi connectivity index (χ1) is 12.5. The average Bonchev–Trinajstić information content (AvgIpc) is 2.55. The molecule has 2 N–H and O–H groups in total. The molecule has 0 amide bonds. The second-order valence-corrected chi connectivity index (χ2v) is 7.87. The Hall–Kier alpha value is -2.29. The summed E-state index contributed by atoms with van der Waals surface area (Å²) in [4.78, 5) is 6.53. The summed E-state index contributed by atoms with van der Waals surface area (Å²) < 4.78 is 65.8. The van der Waals surface area contributed by atoms with Gasteiger partial charge in [-0.15, -0.1) is 0 Å². The molecule has 0 heterocycles. The van der Waals surface area contributed by atoms with Gasteiger partial charge in [0.05, 0.1) is 9.79 Å². The first kappa shape index (κ1) is 23.7. The van der Waals surface area contributed by atoms with Crippen LogP contribution in [0.25, 0.3) is 0 Å². The number of benzene rings is 2. The van der Waals surface area contributed by atoms with Crippen LogP contribution in [0.1, 0.15) is 11.1 Å². The number of aromatic hydroxyl groups is 2. The second kappa shape index (κ2) is 9.27. The molecule has 28 heavy (non-hydrogen) atoms. The van der Waals surface area contributed by atoms with Crippen LogP contribution in [-0.4, -0.2) is 55.3 Å². The molecule has 151 valence electrons. The summed E-state index contributed by atoms with van der Waals surface area (Å²) in [7, 11) is -9.38. The minimum Gasteiger partial charge on any atom is -0.744 e. The monoisotopic (exact) mass is 471 g/mol. The maximum absolute atomic E-state index is 11.0. The topological polar surface area (TPSA) is 180 Å². The van der Waals surface area contributed by atoms with Gasteiger partial charge < -0.3 is 19.3 Å². The quantitative estimate of drug-likeness (QED) is 0.449. The third-order valence-electron chi connectivity index (χ3n) is 3.20. The van der Waals surface area contributed by atoms with Crippen molar-refractivity contribution < 1.29 is 52.9 Å². The molecule has 0 aliphatic heterocycles. The molecule has 2 aromatic carbocycles. The Bertz CT molecular complexity index is 1040. The van der Waals surface area contributed by atoms with Crippen LogP contribution in [0.4, 0.5) is 0 Å². The van der Waals surface area contributed by atoms with Crippen molar-refractivity contribution in [1.29, 1.82) is 0 Å². The van der Waals surface area contributed by atoms with E-state index in [2.05, 4.69) is 9.98 Å². The van der Waals surface area contributed by atoms with Crippen molar-refractivity contribution >= 4 is 32.7 Å². The van der Waals surface area contributed by atoms with Crippen molar-refractivity contribution in [2.45, 2.75) is 9.79 Å². The van der Waals surface area contributed by atoms with Gasteiger partial charge in [0.15, 0.2) is 0 Å². The van der Waals surface area contributed by atoms with E-state index >= 15 is 0 Å². The Kier molecular flexibility index (Phi) is 7.86. The second-order valence-electron chi connectivity index (χ2n) is 5.11. The maximum atomic E-state index is 11.0. The molecular formula is C15H12CoN2O8S2. The fourth-order valence-electron chi connectivity index (χ4n) is 1.91. The van der Waals surface area contributed by atoms with Crippen LogP contribution in [0.5, 0.6) is 11.5 Å². The summed E-state index contributed by atoms with van der Waals surface area (Å²) in [6, 6.07) is 5.85. The van der Waals surface area contributed by atoms with Crippen LogP contribution in [0.15, 0.2) is 56.2 Å². The molecule has 0 fully saturated rings. The van der Waals surface area contributed by atoms with Crippen molar-refractivity contribution in [1.82, 2.24) is 0 Å². The molecule has 0 aliphatic rings. The predicted molar refractivity (Wildman–Crippen MR) is 92.2 cm³/mol. The van der Waals surface area contributed by atoms with E-state index in [9.17, 15) is 36.2 Å². The molecular weight excluding hydrogens is 459 g/mol. The SMILES string of the molecule is O=S(=O)([O-])c1ccc(O)c(/C=N/C/N=C/c2cc(S(=O)(=O)[O-])ccc2O)c1.[Co+2]. The average molecular weight is 471 g/mol. The summed E-state index contributed by atoms with van der Waals surface area (Å²) in [5.74, 6) is -0.609. The van der Waals surface area contributed by atoms with Crippen molar-refractivity contribution in [3.05, 3.63) is 47.5 Å². The third kappa shape index (κ3) is 6.40. The normalized spacial score (nSPS) is 12.4. The van der Waals surface area contributed by atoms with E-state index in [-0.39, 0.29) is 46.1 Å². The van der Waals surface area contributed by atoms with Gasteiger partial charge in [0.1, 0.15) is 38.4 Å². The van der Waals surface area contributed by atoms with Crippen LogP contribution < -0.4 is 0 Å². The van der Waals surface area contributed by atoms with Gasteiger partial charge >= 0.3 is 16.8 Å². The van der Waals surface area contributed by atoms with E-state index < -0.39 is 30.0 Å². The summed E-state index contributed by atoms with van der Waals surface area (Å²) in [5, 5.41) is 19.3. The zero-order valence-electron chi connectivity index (χ0n) is 13.7. The van der Waals surface area contributed by atoms with E-state index in [1.165, 1.54) is 0 Å². The first-order valence-electron chi connectivity index (χ1n) is 7.06. The summed E-state index contributed by atoms with van der Waals surface area (Å²) in [6.45, 7) is -0.235. The summed E-state index contributed by atoms with van der Waals surface area (Å²) >= 11 is 0.